The fourth-order valence-corrected chi connectivity index (χ4v) is 3.76. The molecule has 0 bridgehead atoms. The Labute approximate surface area is 183 Å². The van der Waals surface area contributed by atoms with Crippen molar-refractivity contribution in [3.05, 3.63) is 33.3 Å². The number of aromatic amines is 1. The van der Waals surface area contributed by atoms with Crippen molar-refractivity contribution in [1.82, 2.24) is 29.4 Å². The Hall–Kier alpha value is -2.89. The molecular formula is C19H25ClN8O3. The Morgan fingerprint density at radius 1 is 1.23 bits per heavy atom. The first-order chi connectivity index (χ1) is 15.0. The zero-order valence-corrected chi connectivity index (χ0v) is 18.2. The summed E-state index contributed by atoms with van der Waals surface area (Å²) >= 11 is 6.53. The number of fused-ring (bicyclic) bond motifs is 1. The summed E-state index contributed by atoms with van der Waals surface area (Å²) in [5.74, 6) is 0.889. The van der Waals surface area contributed by atoms with Crippen molar-refractivity contribution >= 4 is 34.4 Å². The third kappa shape index (κ3) is 4.58. The van der Waals surface area contributed by atoms with Gasteiger partial charge in [-0.2, -0.15) is 9.97 Å². The molecule has 166 valence electrons. The van der Waals surface area contributed by atoms with Gasteiger partial charge in [0.15, 0.2) is 11.5 Å². The molecule has 0 atom stereocenters. The fourth-order valence-electron chi connectivity index (χ4n) is 3.45. The van der Waals surface area contributed by atoms with E-state index in [1.807, 2.05) is 6.07 Å². The molecule has 1 fully saturated rings. The van der Waals surface area contributed by atoms with Crippen LogP contribution in [-0.2, 0) is 11.3 Å². The van der Waals surface area contributed by atoms with E-state index in [0.717, 1.165) is 37.6 Å². The number of nitrogens with two attached hydrogens (primary N) is 1. The largest absolute Gasteiger partial charge is 0.461 e. The molecule has 11 nitrogen and oxygen atoms in total. The highest BCUT2D eigenvalue weighted by Gasteiger charge is 2.19. The molecule has 1 aliphatic heterocycles. The third-order valence-electron chi connectivity index (χ3n) is 5.17. The van der Waals surface area contributed by atoms with Crippen LogP contribution in [0.2, 0.25) is 5.02 Å². The van der Waals surface area contributed by atoms with Crippen LogP contribution in [0.15, 0.2) is 17.1 Å². The summed E-state index contributed by atoms with van der Waals surface area (Å²) in [6.45, 7) is 4.52. The maximum atomic E-state index is 12.6. The second kappa shape index (κ2) is 9.08. The highest BCUT2D eigenvalue weighted by Crippen LogP contribution is 2.26. The molecule has 12 heteroatoms. The van der Waals surface area contributed by atoms with Crippen LogP contribution in [0.25, 0.3) is 11.2 Å². The van der Waals surface area contributed by atoms with Gasteiger partial charge in [0.25, 0.3) is 0 Å². The van der Waals surface area contributed by atoms with E-state index >= 15 is 0 Å². The first-order valence-electron chi connectivity index (χ1n) is 9.92. The number of nitrogen functional groups attached to an aromatic ring is 1. The molecule has 4 rings (SSSR count). The van der Waals surface area contributed by atoms with Gasteiger partial charge in [0.2, 0.25) is 0 Å². The first kappa shape index (κ1) is 21.3. The van der Waals surface area contributed by atoms with Gasteiger partial charge in [0.1, 0.15) is 17.9 Å². The fraction of sp³-hybridized carbons (Fsp3) is 0.474. The molecule has 3 N–H and O–H groups in total. The van der Waals surface area contributed by atoms with Crippen LogP contribution in [0.5, 0.6) is 6.01 Å². The molecule has 0 radical (unpaired) electrons. The monoisotopic (exact) mass is 448 g/mol. The lowest BCUT2D eigenvalue weighted by Gasteiger charge is -2.33. The van der Waals surface area contributed by atoms with Crippen LogP contribution in [0.3, 0.4) is 0 Å². The molecule has 31 heavy (non-hydrogen) atoms. The average Bonchev–Trinajstić information content (AvgIpc) is 3.05. The second-order valence-corrected chi connectivity index (χ2v) is 7.79. The van der Waals surface area contributed by atoms with Gasteiger partial charge in [0.05, 0.1) is 18.2 Å². The maximum Gasteiger partial charge on any atom is 0.328 e. The Morgan fingerprint density at radius 3 is 2.71 bits per heavy atom. The van der Waals surface area contributed by atoms with Crippen molar-refractivity contribution in [2.45, 2.75) is 6.54 Å². The van der Waals surface area contributed by atoms with E-state index < -0.39 is 0 Å². The molecule has 0 spiro atoms. The lowest BCUT2D eigenvalue weighted by atomic mass is 10.2. The highest BCUT2D eigenvalue weighted by molar-refractivity contribution is 6.33. The number of piperazine rings is 1. The molecule has 0 aromatic carbocycles. The van der Waals surface area contributed by atoms with Crippen LogP contribution in [-0.4, -0.2) is 83.0 Å². The number of hydrogen-bond donors (Lipinski definition) is 2. The van der Waals surface area contributed by atoms with Crippen LogP contribution >= 0.6 is 11.6 Å². The minimum absolute atomic E-state index is 0.0800. The van der Waals surface area contributed by atoms with Gasteiger partial charge in [-0.1, -0.05) is 11.6 Å². The van der Waals surface area contributed by atoms with Gasteiger partial charge in [-0.3, -0.25) is 4.57 Å². The highest BCUT2D eigenvalue weighted by atomic mass is 35.5. The lowest BCUT2D eigenvalue weighted by Crippen LogP contribution is -2.44. The van der Waals surface area contributed by atoms with E-state index in [2.05, 4.69) is 36.8 Å². The number of H-pyrrole nitrogens is 1. The topological polar surface area (TPSA) is 127 Å². The summed E-state index contributed by atoms with van der Waals surface area (Å²) in [5, 5.41) is 0.549. The molecule has 1 saturated heterocycles. The summed E-state index contributed by atoms with van der Waals surface area (Å²) in [6.07, 6.45) is 1.73. The van der Waals surface area contributed by atoms with Crippen molar-refractivity contribution in [2.75, 3.05) is 64.2 Å². The van der Waals surface area contributed by atoms with Gasteiger partial charge in [-0.05, 0) is 18.7 Å². The van der Waals surface area contributed by atoms with Crippen molar-refractivity contribution in [3.63, 3.8) is 0 Å². The average molecular weight is 449 g/mol. The summed E-state index contributed by atoms with van der Waals surface area (Å²) in [6, 6.07) is 1.91. The number of likely N-dealkylation sites (N-methyl/N-ethyl adjacent to an activating group) is 1. The smallest absolute Gasteiger partial charge is 0.328 e. The van der Waals surface area contributed by atoms with Crippen LogP contribution < -0.4 is 21.1 Å². The zero-order valence-electron chi connectivity index (χ0n) is 17.5. The van der Waals surface area contributed by atoms with E-state index in [1.54, 1.807) is 13.3 Å². The lowest BCUT2D eigenvalue weighted by molar-refractivity contribution is 0.141. The molecular weight excluding hydrogens is 424 g/mol. The Bertz CT molecular complexity index is 1120. The van der Waals surface area contributed by atoms with Crippen LogP contribution in [0.1, 0.15) is 5.56 Å². The number of nitrogens with zero attached hydrogens (tertiary/aromatic N) is 6. The predicted molar refractivity (Wildman–Crippen MR) is 118 cm³/mol. The predicted octanol–water partition coefficient (Wildman–Crippen LogP) is 0.576. The SMILES string of the molecule is COCCOc1nc(N)c2[nH]c(=O)n(Cc3cnc(N4CCN(C)CC4)c(Cl)c3)c2n1. The molecule has 3 aromatic rings. The molecule has 4 heterocycles. The first-order valence-corrected chi connectivity index (χ1v) is 10.3. The number of halogens is 1. The number of ether oxygens (including phenoxy) is 2. The second-order valence-electron chi connectivity index (χ2n) is 7.39. The molecule has 0 unspecified atom stereocenters. The van der Waals surface area contributed by atoms with Gasteiger partial charge in [-0.25, -0.2) is 9.78 Å². The van der Waals surface area contributed by atoms with E-state index in [4.69, 9.17) is 26.8 Å². The Morgan fingerprint density at radius 2 is 2.00 bits per heavy atom. The van der Waals surface area contributed by atoms with Gasteiger partial charge < -0.3 is 30.0 Å². The number of nitrogens with one attached hydrogen (secondary N) is 1. The number of methoxy groups -OCH3 is 1. The number of aromatic nitrogens is 5. The van der Waals surface area contributed by atoms with E-state index in [9.17, 15) is 4.79 Å². The number of rotatable bonds is 7. The summed E-state index contributed by atoms with van der Waals surface area (Å²) in [4.78, 5) is 32.7. The van der Waals surface area contributed by atoms with Crippen LogP contribution in [0.4, 0.5) is 11.6 Å². The summed E-state index contributed by atoms with van der Waals surface area (Å²) < 4.78 is 11.9. The van der Waals surface area contributed by atoms with Crippen molar-refractivity contribution in [2.24, 2.45) is 0 Å². The maximum absolute atomic E-state index is 12.6. The van der Waals surface area contributed by atoms with E-state index in [0.29, 0.717) is 22.8 Å². The number of pyridine rings is 1. The quantitative estimate of drug-likeness (QED) is 0.498. The van der Waals surface area contributed by atoms with Crippen molar-refractivity contribution in [3.8, 4) is 6.01 Å². The zero-order chi connectivity index (χ0) is 22.0. The normalized spacial score (nSPS) is 15.0. The Kier molecular flexibility index (Phi) is 6.25. The van der Waals surface area contributed by atoms with E-state index in [1.165, 1.54) is 4.57 Å². The minimum Gasteiger partial charge on any atom is -0.461 e. The van der Waals surface area contributed by atoms with Gasteiger partial charge >= 0.3 is 11.7 Å². The molecule has 1 aliphatic rings. The van der Waals surface area contributed by atoms with Crippen molar-refractivity contribution < 1.29 is 9.47 Å². The molecule has 0 saturated carbocycles. The summed E-state index contributed by atoms with van der Waals surface area (Å²) in [7, 11) is 3.67. The minimum atomic E-state index is -0.357. The number of hydrogen-bond acceptors (Lipinski definition) is 9. The van der Waals surface area contributed by atoms with Gasteiger partial charge in [-0.15, -0.1) is 0 Å². The molecule has 3 aromatic heterocycles. The molecule has 0 aliphatic carbocycles. The van der Waals surface area contributed by atoms with E-state index in [-0.39, 0.29) is 30.7 Å². The number of imidazole rings is 1. The van der Waals surface area contributed by atoms with Crippen LogP contribution in [0, 0.1) is 0 Å². The molecule has 0 amide bonds. The van der Waals surface area contributed by atoms with Crippen molar-refractivity contribution in [1.29, 1.82) is 0 Å². The Balaban J connectivity index is 1.60. The standard InChI is InChI=1S/C19H25ClN8O3/c1-26-3-5-27(6-4-26)16-13(20)9-12(10-22-16)11-28-17-14(23-19(28)29)15(21)24-18(25-17)31-8-7-30-2/h9-10H,3-8,11H2,1-2H3,(H,23,29)(H2,21,24,25). The van der Waals surface area contributed by atoms with Gasteiger partial charge in [0, 0.05) is 39.5 Å². The summed E-state index contributed by atoms with van der Waals surface area (Å²) in [5.41, 5.74) is 7.11. The third-order valence-corrected chi connectivity index (χ3v) is 5.45. The number of anilines is 2.